The molecule has 110 valence electrons. The Kier molecular flexibility index (Phi) is 5.05. The zero-order chi connectivity index (χ0) is 14.5. The SMILES string of the molecule is COC(=O)C1COCCN1Cc1ccc(F)cc1CN. The van der Waals surface area contributed by atoms with Crippen LogP contribution in [0.25, 0.3) is 0 Å². The molecule has 1 aromatic carbocycles. The maximum absolute atomic E-state index is 13.2. The van der Waals surface area contributed by atoms with Crippen molar-refractivity contribution in [2.75, 3.05) is 26.9 Å². The molecule has 0 saturated carbocycles. The molecule has 1 atom stereocenters. The molecule has 0 spiro atoms. The van der Waals surface area contributed by atoms with E-state index in [9.17, 15) is 9.18 Å². The number of carbonyl (C=O) groups is 1. The highest BCUT2D eigenvalue weighted by molar-refractivity contribution is 5.75. The lowest BCUT2D eigenvalue weighted by atomic mass is 10.1. The molecular formula is C14H19FN2O3. The minimum atomic E-state index is -0.426. The first-order valence-corrected chi connectivity index (χ1v) is 6.52. The maximum atomic E-state index is 13.2. The van der Waals surface area contributed by atoms with Crippen molar-refractivity contribution in [1.29, 1.82) is 0 Å². The molecule has 6 heteroatoms. The van der Waals surface area contributed by atoms with Crippen LogP contribution in [0.5, 0.6) is 0 Å². The second kappa shape index (κ2) is 6.78. The Hall–Kier alpha value is -1.50. The Morgan fingerprint density at radius 2 is 2.35 bits per heavy atom. The summed E-state index contributed by atoms with van der Waals surface area (Å²) in [6.07, 6.45) is 0. The molecule has 1 aliphatic rings. The second-order valence-corrected chi connectivity index (χ2v) is 4.70. The smallest absolute Gasteiger partial charge is 0.325 e. The number of rotatable bonds is 4. The van der Waals surface area contributed by atoms with E-state index in [-0.39, 0.29) is 18.3 Å². The summed E-state index contributed by atoms with van der Waals surface area (Å²) in [5.41, 5.74) is 7.31. The summed E-state index contributed by atoms with van der Waals surface area (Å²) in [7, 11) is 1.36. The average Bonchev–Trinajstić information content (AvgIpc) is 2.48. The molecule has 0 aromatic heterocycles. The molecular weight excluding hydrogens is 263 g/mol. The number of carbonyl (C=O) groups excluding carboxylic acids is 1. The van der Waals surface area contributed by atoms with Gasteiger partial charge in [0.15, 0.2) is 0 Å². The summed E-state index contributed by atoms with van der Waals surface area (Å²) in [5, 5.41) is 0. The third-order valence-electron chi connectivity index (χ3n) is 3.47. The van der Waals surface area contributed by atoms with Gasteiger partial charge in [-0.3, -0.25) is 9.69 Å². The summed E-state index contributed by atoms with van der Waals surface area (Å²) in [6.45, 7) is 2.29. The third-order valence-corrected chi connectivity index (χ3v) is 3.47. The standard InChI is InChI=1S/C14H19FN2O3/c1-19-14(18)13-9-20-5-4-17(13)8-10-2-3-12(15)6-11(10)7-16/h2-3,6,13H,4-5,7-9,16H2,1H3. The first kappa shape index (κ1) is 14.9. The topological polar surface area (TPSA) is 64.8 Å². The maximum Gasteiger partial charge on any atom is 0.325 e. The van der Waals surface area contributed by atoms with Crippen LogP contribution in [0, 0.1) is 5.82 Å². The summed E-state index contributed by atoms with van der Waals surface area (Å²) in [5.74, 6) is -0.623. The van der Waals surface area contributed by atoms with Gasteiger partial charge in [-0.05, 0) is 23.3 Å². The molecule has 0 bridgehead atoms. The van der Waals surface area contributed by atoms with E-state index in [2.05, 4.69) is 0 Å². The van der Waals surface area contributed by atoms with E-state index in [1.54, 1.807) is 6.07 Å². The van der Waals surface area contributed by atoms with Gasteiger partial charge in [0.05, 0.1) is 20.3 Å². The molecule has 2 N–H and O–H groups in total. The van der Waals surface area contributed by atoms with Crippen molar-refractivity contribution in [1.82, 2.24) is 4.90 Å². The Bertz CT molecular complexity index is 481. The van der Waals surface area contributed by atoms with Crippen LogP contribution in [0.4, 0.5) is 4.39 Å². The molecule has 20 heavy (non-hydrogen) atoms. The average molecular weight is 282 g/mol. The highest BCUT2D eigenvalue weighted by atomic mass is 19.1. The number of halogens is 1. The van der Waals surface area contributed by atoms with Crippen molar-refractivity contribution in [2.45, 2.75) is 19.1 Å². The van der Waals surface area contributed by atoms with Crippen LogP contribution in [-0.4, -0.2) is 43.8 Å². The van der Waals surface area contributed by atoms with Crippen LogP contribution in [0.3, 0.4) is 0 Å². The number of ether oxygens (including phenoxy) is 2. The largest absolute Gasteiger partial charge is 0.468 e. The number of benzene rings is 1. The van der Waals surface area contributed by atoms with Crippen LogP contribution in [0.1, 0.15) is 11.1 Å². The lowest BCUT2D eigenvalue weighted by molar-refractivity contribution is -0.153. The van der Waals surface area contributed by atoms with Gasteiger partial charge >= 0.3 is 5.97 Å². The van der Waals surface area contributed by atoms with E-state index >= 15 is 0 Å². The van der Waals surface area contributed by atoms with E-state index < -0.39 is 6.04 Å². The fourth-order valence-corrected chi connectivity index (χ4v) is 2.34. The van der Waals surface area contributed by atoms with Crippen LogP contribution in [0.15, 0.2) is 18.2 Å². The zero-order valence-corrected chi connectivity index (χ0v) is 11.5. The fraction of sp³-hybridized carbons (Fsp3) is 0.500. The van der Waals surface area contributed by atoms with E-state index in [1.165, 1.54) is 19.2 Å². The predicted octanol–water partition coefficient (Wildman–Crippen LogP) is 0.658. The molecule has 1 heterocycles. The Morgan fingerprint density at radius 1 is 1.55 bits per heavy atom. The number of hydrogen-bond acceptors (Lipinski definition) is 5. The monoisotopic (exact) mass is 282 g/mol. The van der Waals surface area contributed by atoms with Crippen LogP contribution < -0.4 is 5.73 Å². The predicted molar refractivity (Wildman–Crippen MR) is 71.3 cm³/mol. The number of methoxy groups -OCH3 is 1. The minimum absolute atomic E-state index is 0.264. The van der Waals surface area contributed by atoms with Gasteiger partial charge < -0.3 is 15.2 Å². The van der Waals surface area contributed by atoms with Crippen LogP contribution in [-0.2, 0) is 27.4 Å². The molecule has 1 unspecified atom stereocenters. The van der Waals surface area contributed by atoms with Gasteiger partial charge in [0, 0.05) is 19.6 Å². The third kappa shape index (κ3) is 3.33. The molecule has 0 amide bonds. The lowest BCUT2D eigenvalue weighted by Gasteiger charge is -2.34. The lowest BCUT2D eigenvalue weighted by Crippen LogP contribution is -2.49. The Labute approximate surface area is 117 Å². The Morgan fingerprint density at radius 3 is 3.05 bits per heavy atom. The second-order valence-electron chi connectivity index (χ2n) is 4.70. The summed E-state index contributed by atoms with van der Waals surface area (Å²) in [4.78, 5) is 13.7. The van der Waals surface area contributed by atoms with E-state index in [4.69, 9.17) is 15.2 Å². The van der Waals surface area contributed by atoms with Crippen molar-refractivity contribution in [3.8, 4) is 0 Å². The molecule has 1 saturated heterocycles. The summed E-state index contributed by atoms with van der Waals surface area (Å²) >= 11 is 0. The van der Waals surface area contributed by atoms with Crippen molar-refractivity contribution >= 4 is 5.97 Å². The zero-order valence-electron chi connectivity index (χ0n) is 11.5. The first-order valence-electron chi connectivity index (χ1n) is 6.52. The molecule has 5 nitrogen and oxygen atoms in total. The molecule has 2 rings (SSSR count). The number of esters is 1. The van der Waals surface area contributed by atoms with E-state index in [0.717, 1.165) is 11.1 Å². The number of nitrogens with zero attached hydrogens (tertiary/aromatic N) is 1. The molecule has 1 aliphatic heterocycles. The highest BCUT2D eigenvalue weighted by Crippen LogP contribution is 2.17. The fourth-order valence-electron chi connectivity index (χ4n) is 2.34. The molecule has 1 aromatic rings. The van der Waals surface area contributed by atoms with Gasteiger partial charge in [0.25, 0.3) is 0 Å². The van der Waals surface area contributed by atoms with Gasteiger partial charge in [-0.2, -0.15) is 0 Å². The van der Waals surface area contributed by atoms with Crippen molar-refractivity contribution < 1.29 is 18.7 Å². The van der Waals surface area contributed by atoms with Crippen molar-refractivity contribution in [2.24, 2.45) is 5.73 Å². The van der Waals surface area contributed by atoms with Crippen molar-refractivity contribution in [3.05, 3.63) is 35.1 Å². The van der Waals surface area contributed by atoms with Gasteiger partial charge in [0.2, 0.25) is 0 Å². The Balaban J connectivity index is 2.16. The number of nitrogens with two attached hydrogens (primary N) is 1. The van der Waals surface area contributed by atoms with E-state index in [1.807, 2.05) is 4.90 Å². The minimum Gasteiger partial charge on any atom is -0.468 e. The van der Waals surface area contributed by atoms with Gasteiger partial charge in [0.1, 0.15) is 11.9 Å². The summed E-state index contributed by atoms with van der Waals surface area (Å²) in [6, 6.07) is 4.12. The molecule has 0 radical (unpaired) electrons. The quantitative estimate of drug-likeness (QED) is 0.822. The van der Waals surface area contributed by atoms with Gasteiger partial charge in [-0.1, -0.05) is 6.07 Å². The number of morpholine rings is 1. The van der Waals surface area contributed by atoms with Crippen molar-refractivity contribution in [3.63, 3.8) is 0 Å². The molecule has 0 aliphatic carbocycles. The first-order chi connectivity index (χ1) is 9.65. The summed E-state index contributed by atoms with van der Waals surface area (Å²) < 4.78 is 23.3. The van der Waals surface area contributed by atoms with Crippen LogP contribution >= 0.6 is 0 Å². The van der Waals surface area contributed by atoms with Gasteiger partial charge in [-0.15, -0.1) is 0 Å². The normalized spacial score (nSPS) is 19.9. The van der Waals surface area contributed by atoms with E-state index in [0.29, 0.717) is 26.3 Å². The van der Waals surface area contributed by atoms with Gasteiger partial charge in [-0.25, -0.2) is 4.39 Å². The van der Waals surface area contributed by atoms with Crippen LogP contribution in [0.2, 0.25) is 0 Å². The highest BCUT2D eigenvalue weighted by Gasteiger charge is 2.30. The molecule has 1 fully saturated rings. The number of hydrogen-bond donors (Lipinski definition) is 1.